The fourth-order valence-electron chi connectivity index (χ4n) is 4.51. The first-order chi connectivity index (χ1) is 14.7. The highest BCUT2D eigenvalue weighted by molar-refractivity contribution is 5.85. The molecule has 1 N–H and O–H groups in total. The quantitative estimate of drug-likeness (QED) is 0.660. The number of alkyl halides is 3. The van der Waals surface area contributed by atoms with Crippen molar-refractivity contribution in [2.75, 3.05) is 13.7 Å². The number of halogens is 3. The lowest BCUT2D eigenvalue weighted by atomic mass is 9.69. The van der Waals surface area contributed by atoms with Gasteiger partial charge in [0.2, 0.25) is 5.91 Å². The minimum absolute atomic E-state index is 0.0885. The molecule has 31 heavy (non-hydrogen) atoms. The number of carbonyl (C=O) groups is 2. The van der Waals surface area contributed by atoms with Crippen molar-refractivity contribution in [3.63, 3.8) is 0 Å². The Bertz CT molecular complexity index is 857. The van der Waals surface area contributed by atoms with Gasteiger partial charge in [0.15, 0.2) is 0 Å². The Hall–Kier alpha value is -2.49. The van der Waals surface area contributed by atoms with Crippen LogP contribution in [0.4, 0.5) is 13.2 Å². The second kappa shape index (κ2) is 7.89. The molecule has 0 aromatic heterocycles. The van der Waals surface area contributed by atoms with E-state index in [1.807, 2.05) is 0 Å². The van der Waals surface area contributed by atoms with E-state index in [9.17, 15) is 22.8 Å². The Labute approximate surface area is 177 Å². The number of fused-ring (bicyclic) bond motifs is 3. The predicted molar refractivity (Wildman–Crippen MR) is 102 cm³/mol. The summed E-state index contributed by atoms with van der Waals surface area (Å²) in [5, 5.41) is 9.09. The van der Waals surface area contributed by atoms with Crippen LogP contribution >= 0.6 is 0 Å². The lowest BCUT2D eigenvalue weighted by Crippen LogP contribution is -2.48. The molecule has 1 saturated carbocycles. The number of nitrogens with zero attached hydrogens (tertiary/aromatic N) is 2. The Morgan fingerprint density at radius 2 is 1.87 bits per heavy atom. The molecule has 5 rings (SSSR count). The number of methoxy groups -OCH3 is 1. The Kier molecular flexibility index (Phi) is 5.53. The third-order valence-electron chi connectivity index (χ3n) is 6.47. The first-order valence-corrected chi connectivity index (χ1v) is 10.3. The van der Waals surface area contributed by atoms with E-state index in [-0.39, 0.29) is 29.7 Å². The van der Waals surface area contributed by atoms with Crippen LogP contribution in [0.2, 0.25) is 0 Å². The van der Waals surface area contributed by atoms with Gasteiger partial charge in [0.05, 0.1) is 19.8 Å². The van der Waals surface area contributed by atoms with E-state index >= 15 is 0 Å². The average Bonchev–Trinajstić information content (AvgIpc) is 3.56. The van der Waals surface area contributed by atoms with E-state index in [2.05, 4.69) is 15.5 Å². The summed E-state index contributed by atoms with van der Waals surface area (Å²) in [7, 11) is 1.22. The predicted octanol–water partition coefficient (Wildman–Crippen LogP) is 3.42. The summed E-state index contributed by atoms with van der Waals surface area (Å²) in [5.41, 5.74) is -2.18. The third kappa shape index (κ3) is 4.30. The smallest absolute Gasteiger partial charge is 0.442 e. The number of hydrogen-bond acceptors (Lipinski definition) is 6. The van der Waals surface area contributed by atoms with E-state index in [1.165, 1.54) is 31.4 Å². The fraction of sp³-hybridized carbons (Fsp3) is 0.619. The maximum Gasteiger partial charge on any atom is 0.442 e. The van der Waals surface area contributed by atoms with Gasteiger partial charge in [0.1, 0.15) is 6.04 Å². The number of benzene rings is 1. The van der Waals surface area contributed by atoms with Crippen molar-refractivity contribution in [1.82, 2.24) is 5.32 Å². The highest BCUT2D eigenvalue weighted by Gasteiger charge is 2.65. The first-order valence-electron chi connectivity index (χ1n) is 10.3. The molecule has 2 bridgehead atoms. The van der Waals surface area contributed by atoms with E-state index in [1.54, 1.807) is 0 Å². The van der Waals surface area contributed by atoms with Gasteiger partial charge in [-0.15, -0.1) is 10.2 Å². The zero-order valence-electron chi connectivity index (χ0n) is 17.1. The van der Waals surface area contributed by atoms with Crippen LogP contribution in [0.25, 0.3) is 0 Å². The van der Waals surface area contributed by atoms with Gasteiger partial charge in [-0.05, 0) is 31.2 Å². The minimum Gasteiger partial charge on any atom is -0.467 e. The van der Waals surface area contributed by atoms with Gasteiger partial charge < -0.3 is 14.8 Å². The molecule has 1 aliphatic carbocycles. The summed E-state index contributed by atoms with van der Waals surface area (Å²) < 4.78 is 50.0. The Morgan fingerprint density at radius 1 is 1.23 bits per heavy atom. The number of amides is 1. The number of rotatable bonds is 7. The monoisotopic (exact) mass is 439 g/mol. The van der Waals surface area contributed by atoms with Crippen LogP contribution in [-0.4, -0.2) is 43.9 Å². The molecule has 168 valence electrons. The third-order valence-corrected chi connectivity index (χ3v) is 6.47. The summed E-state index contributed by atoms with van der Waals surface area (Å²) in [6.45, 7) is 0.548. The SMILES string of the molecule is COC(=O)C(Cc1ccc(C2(C(F)(F)F)N=N2)cc1)NC(=O)CC12CCC(CC1)OC2. The standard InChI is InChI=1S/C21H24F3N3O4/c1-30-18(29)16(25-17(28)11-19-8-6-15(7-9-19)31-12-19)10-13-2-4-14(5-3-13)20(26-27-20)21(22,23)24/h2-5,15-16H,6-12H2,1H3,(H,25,28). The van der Waals surface area contributed by atoms with Crippen molar-refractivity contribution in [3.8, 4) is 0 Å². The van der Waals surface area contributed by atoms with E-state index in [4.69, 9.17) is 9.47 Å². The fourth-order valence-corrected chi connectivity index (χ4v) is 4.51. The van der Waals surface area contributed by atoms with E-state index < -0.39 is 23.9 Å². The first kappa shape index (κ1) is 21.7. The second-order valence-electron chi connectivity index (χ2n) is 8.60. The summed E-state index contributed by atoms with van der Waals surface area (Å²) in [6, 6.07) is 4.59. The second-order valence-corrected chi connectivity index (χ2v) is 8.60. The molecule has 1 atom stereocenters. The van der Waals surface area contributed by atoms with Crippen molar-refractivity contribution in [2.24, 2.45) is 15.6 Å². The summed E-state index contributed by atoms with van der Waals surface area (Å²) >= 11 is 0. The lowest BCUT2D eigenvalue weighted by Gasteiger charge is -2.46. The number of hydrogen-bond donors (Lipinski definition) is 1. The van der Waals surface area contributed by atoms with Crippen molar-refractivity contribution in [1.29, 1.82) is 0 Å². The molecule has 1 unspecified atom stereocenters. The van der Waals surface area contributed by atoms with Crippen LogP contribution in [0.1, 0.15) is 43.2 Å². The molecule has 0 radical (unpaired) electrons. The average molecular weight is 439 g/mol. The summed E-state index contributed by atoms with van der Waals surface area (Å²) in [6.07, 6.45) is -0.211. The van der Waals surface area contributed by atoms with Gasteiger partial charge in [0, 0.05) is 23.8 Å². The van der Waals surface area contributed by atoms with Crippen LogP contribution < -0.4 is 5.32 Å². The molecule has 4 aliphatic rings. The molecule has 1 aromatic rings. The number of carbonyl (C=O) groups excluding carboxylic acids is 2. The van der Waals surface area contributed by atoms with Crippen molar-refractivity contribution < 1.29 is 32.2 Å². The van der Waals surface area contributed by atoms with Gasteiger partial charge in [-0.2, -0.15) is 13.2 Å². The van der Waals surface area contributed by atoms with E-state index in [0.29, 0.717) is 18.3 Å². The Balaban J connectivity index is 1.40. The molecule has 7 nitrogen and oxygen atoms in total. The molecular formula is C21H24F3N3O4. The number of ether oxygens (including phenoxy) is 2. The maximum absolute atomic E-state index is 13.1. The largest absolute Gasteiger partial charge is 0.467 e. The zero-order chi connectivity index (χ0) is 22.3. The minimum atomic E-state index is -4.60. The highest BCUT2D eigenvalue weighted by atomic mass is 19.4. The van der Waals surface area contributed by atoms with Gasteiger partial charge in [-0.1, -0.05) is 24.3 Å². The van der Waals surface area contributed by atoms with Crippen molar-refractivity contribution >= 4 is 11.9 Å². The summed E-state index contributed by atoms with van der Waals surface area (Å²) in [5.74, 6) is -0.875. The highest BCUT2D eigenvalue weighted by Crippen LogP contribution is 2.52. The molecule has 1 aromatic carbocycles. The lowest BCUT2D eigenvalue weighted by molar-refractivity contribution is -0.166. The number of nitrogens with one attached hydrogen (secondary N) is 1. The van der Waals surface area contributed by atoms with Crippen LogP contribution in [0, 0.1) is 5.41 Å². The van der Waals surface area contributed by atoms with Gasteiger partial charge in [0.25, 0.3) is 0 Å². The van der Waals surface area contributed by atoms with Crippen molar-refractivity contribution in [3.05, 3.63) is 35.4 Å². The van der Waals surface area contributed by atoms with E-state index in [0.717, 1.165) is 25.7 Å². The molecule has 0 spiro atoms. The summed E-state index contributed by atoms with van der Waals surface area (Å²) in [4.78, 5) is 24.9. The van der Waals surface area contributed by atoms with Crippen LogP contribution in [-0.2, 0) is 31.1 Å². The van der Waals surface area contributed by atoms with Crippen LogP contribution in [0.3, 0.4) is 0 Å². The maximum atomic E-state index is 13.1. The molecule has 1 amide bonds. The van der Waals surface area contributed by atoms with Crippen molar-refractivity contribution in [2.45, 2.75) is 62.5 Å². The number of esters is 1. The van der Waals surface area contributed by atoms with Crippen LogP contribution in [0.5, 0.6) is 0 Å². The molecule has 3 heterocycles. The Morgan fingerprint density at radius 3 is 2.35 bits per heavy atom. The zero-order valence-corrected chi connectivity index (χ0v) is 17.1. The molecule has 10 heteroatoms. The normalized spacial score (nSPS) is 26.9. The molecule has 3 aliphatic heterocycles. The van der Waals surface area contributed by atoms with Crippen LogP contribution in [0.15, 0.2) is 34.5 Å². The molecule has 2 saturated heterocycles. The van der Waals surface area contributed by atoms with Gasteiger partial charge >= 0.3 is 17.8 Å². The molecular weight excluding hydrogens is 415 g/mol. The van der Waals surface area contributed by atoms with Gasteiger partial charge in [-0.25, -0.2) is 4.79 Å². The van der Waals surface area contributed by atoms with Gasteiger partial charge in [-0.3, -0.25) is 4.79 Å². The topological polar surface area (TPSA) is 89.4 Å². The molecule has 3 fully saturated rings.